The van der Waals surface area contributed by atoms with E-state index in [0.29, 0.717) is 13.2 Å². The Labute approximate surface area is 145 Å². The summed E-state index contributed by atoms with van der Waals surface area (Å²) in [5.41, 5.74) is 0. The van der Waals surface area contributed by atoms with Crippen molar-refractivity contribution >= 4 is 7.25 Å². The molecule has 0 aliphatic carbocycles. The van der Waals surface area contributed by atoms with Crippen molar-refractivity contribution in [2.24, 2.45) is 0 Å². The fourth-order valence-corrected chi connectivity index (χ4v) is 1.48. The molecule has 1 aromatic carbocycles. The van der Waals surface area contributed by atoms with Crippen molar-refractivity contribution in [1.82, 2.24) is 5.32 Å². The zero-order chi connectivity index (χ0) is 19.6. The van der Waals surface area contributed by atoms with Gasteiger partial charge in [-0.25, -0.2) is 0 Å². The summed E-state index contributed by atoms with van der Waals surface area (Å²) in [6, 6.07) is 7.64. The molecule has 0 radical (unpaired) electrons. The van der Waals surface area contributed by atoms with Gasteiger partial charge in [0.2, 0.25) is 5.39 Å². The summed E-state index contributed by atoms with van der Waals surface area (Å²) in [5, 5.41) is 14.2. The summed E-state index contributed by atoms with van der Waals surface area (Å²) < 4.78 is 54.6. The number of hydrogen-bond acceptors (Lipinski definition) is 5. The van der Waals surface area contributed by atoms with E-state index in [2.05, 4.69) is 5.32 Å². The maximum atomic E-state index is 9.75. The highest BCUT2D eigenvalue weighted by atomic mass is 19.5. The molecular formula is C14H24BF4N3O3. The average molecular weight is 369 g/mol. The number of rotatable bonds is 4. The molecule has 0 aromatic heterocycles. The first-order valence-corrected chi connectivity index (χ1v) is 7.60. The van der Waals surface area contributed by atoms with Crippen molar-refractivity contribution in [1.29, 1.82) is 5.39 Å². The number of nitrogens with one attached hydrogen (secondary N) is 2. The van der Waals surface area contributed by atoms with Crippen LogP contribution in [0.25, 0.3) is 0 Å². The molecule has 0 unspecified atom stereocenters. The molecule has 0 saturated carbocycles. The summed E-state index contributed by atoms with van der Waals surface area (Å²) in [4.78, 5) is 0. The second kappa shape index (κ2) is 16.8. The van der Waals surface area contributed by atoms with Gasteiger partial charge in [-0.2, -0.15) is 0 Å². The molecule has 1 aliphatic heterocycles. The van der Waals surface area contributed by atoms with Gasteiger partial charge in [0.15, 0.2) is 0 Å². The normalized spacial score (nSPS) is 12.8. The monoisotopic (exact) mass is 369 g/mol. The lowest BCUT2D eigenvalue weighted by Crippen LogP contribution is -2.30. The molecule has 6 nitrogen and oxygen atoms in total. The van der Waals surface area contributed by atoms with Gasteiger partial charge in [0.1, 0.15) is 11.5 Å². The standard InChI is InChI=1S/C10H14O2.C4H9NO.BF4.N2/c1-3-11-9-5-7-10(8-6-9)12-4-2;1-3-6-4-2-5-1;2-1(3,4)5;1-2/h5-8H,3-4H2,1-2H3;5H,1-4H2;;/q;;-1;/p+1. The molecule has 1 heterocycles. The minimum atomic E-state index is -6.00. The van der Waals surface area contributed by atoms with E-state index >= 15 is 0 Å². The van der Waals surface area contributed by atoms with Gasteiger partial charge in [-0.3, -0.25) is 0 Å². The molecule has 2 N–H and O–H groups in total. The van der Waals surface area contributed by atoms with Gasteiger partial charge in [-0.1, -0.05) is 0 Å². The van der Waals surface area contributed by atoms with Crippen LogP contribution in [0.3, 0.4) is 0 Å². The van der Waals surface area contributed by atoms with Crippen molar-refractivity contribution in [2.45, 2.75) is 13.8 Å². The minimum absolute atomic E-state index is 0.702. The van der Waals surface area contributed by atoms with Crippen LogP contribution < -0.4 is 20.2 Å². The van der Waals surface area contributed by atoms with Gasteiger partial charge in [0, 0.05) is 13.1 Å². The number of diazo groups is 1. The summed E-state index contributed by atoms with van der Waals surface area (Å²) >= 11 is 0. The largest absolute Gasteiger partial charge is 0.673 e. The SMILES string of the molecule is C1COCCN1.CCOc1ccc(OCC)cc1.F[B-](F)(F)F.N#[NH+]. The Balaban J connectivity index is 0. The van der Waals surface area contributed by atoms with Gasteiger partial charge in [0.05, 0.1) is 31.8 Å². The van der Waals surface area contributed by atoms with Gasteiger partial charge >= 0.3 is 7.25 Å². The van der Waals surface area contributed by atoms with E-state index in [1.165, 1.54) is 0 Å². The van der Waals surface area contributed by atoms with Gasteiger partial charge < -0.3 is 36.8 Å². The lowest BCUT2D eigenvalue weighted by atomic mass is 10.3. The molecule has 1 aromatic rings. The molecule has 0 atom stereocenters. The Hall–Kier alpha value is -2.06. The second-order valence-corrected chi connectivity index (χ2v) is 4.19. The van der Waals surface area contributed by atoms with E-state index in [1.54, 1.807) is 0 Å². The topological polar surface area (TPSA) is 87.3 Å². The van der Waals surface area contributed by atoms with Crippen LogP contribution in [0, 0.1) is 5.39 Å². The van der Waals surface area contributed by atoms with Crippen molar-refractivity contribution in [3.05, 3.63) is 24.3 Å². The number of ether oxygens (including phenoxy) is 3. The summed E-state index contributed by atoms with van der Waals surface area (Å²) in [6.07, 6.45) is 0. The molecule has 0 spiro atoms. The number of benzene rings is 1. The average Bonchev–Trinajstić information content (AvgIpc) is 2.60. The smallest absolute Gasteiger partial charge is 0.494 e. The Kier molecular flexibility index (Phi) is 16.9. The highest BCUT2D eigenvalue weighted by Crippen LogP contribution is 2.17. The van der Waals surface area contributed by atoms with E-state index in [-0.39, 0.29) is 0 Å². The Morgan fingerprint density at radius 3 is 1.44 bits per heavy atom. The lowest BCUT2D eigenvalue weighted by Gasteiger charge is -2.10. The Morgan fingerprint density at radius 2 is 1.28 bits per heavy atom. The fraction of sp³-hybridized carbons (Fsp3) is 0.571. The minimum Gasteiger partial charge on any atom is -0.494 e. The predicted octanol–water partition coefficient (Wildman–Crippen LogP) is 1.67. The zero-order valence-electron chi connectivity index (χ0n) is 14.3. The molecule has 25 heavy (non-hydrogen) atoms. The van der Waals surface area contributed by atoms with E-state index in [4.69, 9.17) is 25.0 Å². The van der Waals surface area contributed by atoms with E-state index in [9.17, 15) is 17.3 Å². The first-order valence-electron chi connectivity index (χ1n) is 7.60. The third-order valence-corrected chi connectivity index (χ3v) is 2.29. The molecule has 1 saturated heterocycles. The van der Waals surface area contributed by atoms with Crippen molar-refractivity contribution in [3.63, 3.8) is 0 Å². The van der Waals surface area contributed by atoms with Crippen LogP contribution in [0.15, 0.2) is 24.3 Å². The maximum absolute atomic E-state index is 9.75. The van der Waals surface area contributed by atoms with Crippen LogP contribution in [0.2, 0.25) is 0 Å². The van der Waals surface area contributed by atoms with E-state index in [1.807, 2.05) is 38.1 Å². The molecule has 11 heteroatoms. The second-order valence-electron chi connectivity index (χ2n) is 4.19. The predicted molar refractivity (Wildman–Crippen MR) is 85.3 cm³/mol. The van der Waals surface area contributed by atoms with Gasteiger partial charge in [0.25, 0.3) is 0 Å². The van der Waals surface area contributed by atoms with Gasteiger partial charge in [-0.05, 0) is 38.1 Å². The summed E-state index contributed by atoms with van der Waals surface area (Å²) in [6.45, 7) is 9.18. The number of hydrogen-bond donors (Lipinski definition) is 2. The van der Waals surface area contributed by atoms with Crippen LogP contribution in [0.1, 0.15) is 13.8 Å². The Bertz CT molecular complexity index is 387. The van der Waals surface area contributed by atoms with Crippen molar-refractivity contribution < 1.29 is 36.9 Å². The van der Waals surface area contributed by atoms with Crippen molar-refractivity contribution in [2.75, 3.05) is 39.5 Å². The first kappa shape index (κ1) is 25.2. The summed E-state index contributed by atoms with van der Waals surface area (Å²) in [5.74, 6) is 1.78. The Morgan fingerprint density at radius 1 is 0.960 bits per heavy atom. The molecular weight excluding hydrogens is 345 g/mol. The van der Waals surface area contributed by atoms with E-state index in [0.717, 1.165) is 37.8 Å². The highest BCUT2D eigenvalue weighted by Gasteiger charge is 2.20. The van der Waals surface area contributed by atoms with Crippen LogP contribution in [-0.4, -0.2) is 46.8 Å². The third-order valence-electron chi connectivity index (χ3n) is 2.29. The molecule has 0 amide bonds. The molecule has 1 aliphatic rings. The lowest BCUT2D eigenvalue weighted by molar-refractivity contribution is -0.175. The zero-order valence-corrected chi connectivity index (χ0v) is 14.3. The van der Waals surface area contributed by atoms with Crippen molar-refractivity contribution in [3.8, 4) is 11.5 Å². The summed E-state index contributed by atoms with van der Waals surface area (Å²) in [7, 11) is -6.00. The first-order chi connectivity index (χ1) is 11.9. The molecule has 0 bridgehead atoms. The van der Waals surface area contributed by atoms with Crippen LogP contribution in [0.4, 0.5) is 17.3 Å². The maximum Gasteiger partial charge on any atom is 0.673 e. The number of nitrogens with zero attached hydrogens (tertiary/aromatic N) is 1. The third kappa shape index (κ3) is 21.9. The molecule has 144 valence electrons. The van der Waals surface area contributed by atoms with Gasteiger partial charge in [-0.15, -0.1) is 0 Å². The van der Waals surface area contributed by atoms with E-state index < -0.39 is 7.25 Å². The van der Waals surface area contributed by atoms with Crippen LogP contribution in [0.5, 0.6) is 11.5 Å². The number of morpholine rings is 1. The van der Waals surface area contributed by atoms with Crippen LogP contribution >= 0.6 is 0 Å². The quantitative estimate of drug-likeness (QED) is 0.479. The van der Waals surface area contributed by atoms with Crippen LogP contribution in [-0.2, 0) is 4.74 Å². The molecule has 1 fully saturated rings. The highest BCUT2D eigenvalue weighted by molar-refractivity contribution is 6.50. The molecule has 2 rings (SSSR count). The number of halogens is 4. The fourth-order valence-electron chi connectivity index (χ4n) is 1.48.